The fourth-order valence-electron chi connectivity index (χ4n) is 14.0. The summed E-state index contributed by atoms with van der Waals surface area (Å²) < 4.78 is 0. The molecule has 1 heterocycles. The van der Waals surface area contributed by atoms with Gasteiger partial charge < -0.3 is 139 Å². The van der Waals surface area contributed by atoms with Gasteiger partial charge in [-0.1, -0.05) is 103 Å². The number of amides is 15. The van der Waals surface area contributed by atoms with Gasteiger partial charge in [0.05, 0.1) is 25.9 Å². The maximum absolute atomic E-state index is 15.2. The second-order valence-electron chi connectivity index (χ2n) is 33.5. The fourth-order valence-corrected chi connectivity index (χ4v) is 14.4. The number of fused-ring (bicyclic) bond motifs is 1. The van der Waals surface area contributed by atoms with Gasteiger partial charge in [0.1, 0.15) is 102 Å². The lowest BCUT2D eigenvalue weighted by molar-refractivity contribution is -0.137. The highest BCUT2D eigenvalue weighted by Crippen LogP contribution is 2.23. The summed E-state index contributed by atoms with van der Waals surface area (Å²) in [4.78, 5) is 217. The van der Waals surface area contributed by atoms with Gasteiger partial charge in [-0.25, -0.2) is 0 Å². The van der Waals surface area contributed by atoms with Gasteiger partial charge in [-0.2, -0.15) is 11.8 Å². The van der Waals surface area contributed by atoms with E-state index in [1.807, 2.05) is 0 Å². The van der Waals surface area contributed by atoms with Crippen LogP contribution >= 0.6 is 11.8 Å². The van der Waals surface area contributed by atoms with E-state index in [1.165, 1.54) is 79.3 Å². The number of phenols is 3. The summed E-state index contributed by atoms with van der Waals surface area (Å²) >= 11 is 1.31. The number of rotatable bonds is 60. The molecule has 1 aromatic heterocycles. The summed E-state index contributed by atoms with van der Waals surface area (Å²) in [5.74, 6) is -15.5. The monoisotopic (exact) mass is 1860 g/mol. The van der Waals surface area contributed by atoms with E-state index in [0.717, 1.165) is 0 Å². The fraction of sp³-hybridized carbons (Fsp3) is 0.544. The van der Waals surface area contributed by atoms with Crippen LogP contribution in [0.5, 0.6) is 17.2 Å². The minimum absolute atomic E-state index is 0.0486. The van der Waals surface area contributed by atoms with Crippen LogP contribution in [0.2, 0.25) is 0 Å². The van der Waals surface area contributed by atoms with E-state index >= 15 is 19.2 Å². The van der Waals surface area contributed by atoms with Crippen LogP contribution in [0.4, 0.5) is 0 Å². The molecule has 5 rings (SSSR count). The number of hydrogen-bond donors (Lipinski definition) is 26. The Bertz CT molecular complexity index is 4590. The standard InChI is InChI=1S/C90H136N20O21S/c1-9-51(6)75(110-85(126)69(43-55-27-33-59(116)34-28-55)103-80(121)65(35-39-132-8)101-83(124)68(42-54-25-31-58(115)32-26-54)102-77(118)52(7)97-81(122)67(105-89(130)74(94)50(4)5)41-53-23-29-57(114)30-24-53)90(131)106-66(40-49(2)3)82(123)104-70(44-56-45-96-61-19-11-10-18-60(56)61)84(125)109-73(48-113)88(129)100-64(22-14-17-38-93)79(120)108-72(47-112)87(128)99-63(21-13-16-37-92)78(119)107-71(46-111)86(127)98-62(76(95)117)20-12-15-36-91/h10-11,18-19,23-34,45,49-52,62-75,96,111-116H,9,12-17,20-22,35-44,46-48,91-94H2,1-8H3,(H2,95,117)(H,97,122)(H,98,127)(H,99,128)(H,100,129)(H,101,124)(H,102,118)(H,103,121)(H,104,123)(H,105,130)(H,106,131)(H,107,119)(H,108,120)(H,109,125)(H,110,126)/t51-,52-,62-,63-,64-,65-,66-,67-,68-,69-,70-,71-,72-,73-,74-,75-/m0/s1. The highest BCUT2D eigenvalue weighted by atomic mass is 32.2. The van der Waals surface area contributed by atoms with Crippen LogP contribution in [-0.4, -0.2) is 266 Å². The molecule has 16 atom stereocenters. The normalized spacial score (nSPS) is 15.0. The molecule has 0 aliphatic carbocycles. The van der Waals surface area contributed by atoms with E-state index in [0.29, 0.717) is 65.4 Å². The maximum Gasteiger partial charge on any atom is 0.245 e. The first-order valence-electron chi connectivity index (χ1n) is 44.4. The molecular weight excluding hydrogens is 1730 g/mol. The minimum atomic E-state index is -1.87. The number of benzene rings is 4. The van der Waals surface area contributed by atoms with Crippen LogP contribution in [-0.2, 0) is 97.6 Å². The molecule has 132 heavy (non-hydrogen) atoms. The number of hydrogen-bond acceptors (Lipinski definition) is 26. The molecule has 0 aliphatic heterocycles. The molecule has 4 aromatic carbocycles. The summed E-state index contributed by atoms with van der Waals surface area (Å²) in [5.41, 5.74) is 31.2. The van der Waals surface area contributed by atoms with Crippen molar-refractivity contribution in [3.05, 3.63) is 126 Å². The number of unbranched alkanes of at least 4 members (excludes halogenated alkanes) is 3. The third-order valence-electron chi connectivity index (χ3n) is 22.1. The number of aromatic hydroxyl groups is 3. The van der Waals surface area contributed by atoms with Crippen molar-refractivity contribution in [2.45, 2.75) is 242 Å². The smallest absolute Gasteiger partial charge is 0.245 e. The third-order valence-corrected chi connectivity index (χ3v) is 22.8. The molecule has 41 nitrogen and oxygen atoms in total. The molecule has 0 saturated heterocycles. The van der Waals surface area contributed by atoms with Crippen molar-refractivity contribution in [1.29, 1.82) is 0 Å². The van der Waals surface area contributed by atoms with Gasteiger partial charge in [-0.05, 0) is 192 Å². The van der Waals surface area contributed by atoms with E-state index in [4.69, 9.17) is 28.7 Å². The molecule has 15 amide bonds. The average Bonchev–Trinajstić information content (AvgIpc) is 1.73. The predicted octanol–water partition coefficient (Wildman–Crippen LogP) is -2.96. The predicted molar refractivity (Wildman–Crippen MR) is 494 cm³/mol. The largest absolute Gasteiger partial charge is 0.508 e. The molecule has 0 aliphatic rings. The van der Waals surface area contributed by atoms with E-state index < -0.39 is 205 Å². The molecule has 728 valence electrons. The van der Waals surface area contributed by atoms with Crippen molar-refractivity contribution in [3.8, 4) is 17.2 Å². The van der Waals surface area contributed by atoms with Crippen molar-refractivity contribution in [3.63, 3.8) is 0 Å². The first-order valence-corrected chi connectivity index (χ1v) is 45.8. The van der Waals surface area contributed by atoms with Crippen molar-refractivity contribution >= 4 is 111 Å². The number of aliphatic hydroxyl groups excluding tert-OH is 3. The van der Waals surface area contributed by atoms with E-state index in [-0.39, 0.29) is 125 Å². The first kappa shape index (κ1) is 110. The number of nitrogens with one attached hydrogen (secondary N) is 15. The number of thioether (sulfide) groups is 1. The van der Waals surface area contributed by atoms with Crippen LogP contribution in [0.25, 0.3) is 10.9 Å². The van der Waals surface area contributed by atoms with Gasteiger partial charge >= 0.3 is 0 Å². The zero-order chi connectivity index (χ0) is 97.8. The number of aromatic nitrogens is 1. The summed E-state index contributed by atoms with van der Waals surface area (Å²) in [6.07, 6.45) is 4.38. The van der Waals surface area contributed by atoms with Crippen molar-refractivity contribution in [1.82, 2.24) is 79.4 Å². The van der Waals surface area contributed by atoms with Crippen LogP contribution in [0.15, 0.2) is 103 Å². The van der Waals surface area contributed by atoms with E-state index in [1.54, 1.807) is 90.4 Å². The second-order valence-corrected chi connectivity index (χ2v) is 34.5. The summed E-state index contributed by atoms with van der Waals surface area (Å²) in [5, 5.41) is 99.1. The lowest BCUT2D eigenvalue weighted by atomic mass is 9.95. The number of phenolic OH excluding ortho intramolecular Hbond substituents is 3. The Balaban J connectivity index is 1.41. The molecule has 0 radical (unpaired) electrons. The highest BCUT2D eigenvalue weighted by molar-refractivity contribution is 7.98. The van der Waals surface area contributed by atoms with Crippen LogP contribution in [0.3, 0.4) is 0 Å². The Morgan fingerprint density at radius 2 is 0.697 bits per heavy atom. The van der Waals surface area contributed by atoms with Gasteiger partial charge in [-0.15, -0.1) is 0 Å². The van der Waals surface area contributed by atoms with Crippen LogP contribution in [0.1, 0.15) is 148 Å². The first-order chi connectivity index (χ1) is 62.8. The van der Waals surface area contributed by atoms with Crippen LogP contribution in [0, 0.1) is 17.8 Å². The highest BCUT2D eigenvalue weighted by Gasteiger charge is 2.40. The number of para-hydroxylation sites is 1. The summed E-state index contributed by atoms with van der Waals surface area (Å²) in [6.45, 7) is 9.13. The Morgan fingerprint density at radius 3 is 1.08 bits per heavy atom. The maximum atomic E-state index is 15.2. The Labute approximate surface area is 772 Å². The van der Waals surface area contributed by atoms with E-state index in [9.17, 15) is 83.4 Å². The Morgan fingerprint density at radius 1 is 0.371 bits per heavy atom. The van der Waals surface area contributed by atoms with Crippen LogP contribution < -0.4 is 103 Å². The third kappa shape index (κ3) is 36.9. The number of H-pyrrole nitrogens is 1. The average molecular weight is 1870 g/mol. The zero-order valence-electron chi connectivity index (χ0n) is 76.1. The lowest BCUT2D eigenvalue weighted by Gasteiger charge is -2.30. The summed E-state index contributed by atoms with van der Waals surface area (Å²) in [7, 11) is 0. The number of primary amides is 1. The van der Waals surface area contributed by atoms with Gasteiger partial charge in [-0.3, -0.25) is 71.9 Å². The van der Waals surface area contributed by atoms with Gasteiger partial charge in [0.15, 0.2) is 0 Å². The molecule has 0 saturated carbocycles. The van der Waals surface area contributed by atoms with Gasteiger partial charge in [0, 0.05) is 42.8 Å². The molecule has 5 aromatic rings. The van der Waals surface area contributed by atoms with Gasteiger partial charge in [0.25, 0.3) is 0 Å². The van der Waals surface area contributed by atoms with Crippen molar-refractivity contribution in [2.75, 3.05) is 51.5 Å². The molecule has 0 unspecified atom stereocenters. The quantitative estimate of drug-likeness (QED) is 0.0173. The Hall–Kier alpha value is -12.1. The number of carbonyl (C=O) groups is 15. The molecule has 0 fully saturated rings. The molecule has 42 heteroatoms. The molecular formula is C90H136N20O21S. The molecule has 31 N–H and O–H groups in total. The SMILES string of the molecule is CC[C@H](C)[C@H](NC(=O)[C@H](Cc1ccc(O)cc1)NC(=O)[C@H](CCSC)NC(=O)[C@H](Cc1ccc(O)cc1)NC(=O)[C@H](C)NC(=O)[C@H](Cc1ccc(O)cc1)NC(=O)[C@@H](N)C(C)C)C(=O)N[C@@H](CC(C)C)C(=O)N[C@@H](Cc1c[nH]c2ccccc12)C(=O)N[C@@H](CO)C(=O)N[C@@H](CCCCN)C(=O)N[C@@H](CO)C(=O)N[C@@H](CCCCN)C(=O)N[C@@H](CO)C(=O)N[C@@H](CCCCN)C(N)=O. The zero-order valence-corrected chi connectivity index (χ0v) is 76.9. The van der Waals surface area contributed by atoms with Crippen molar-refractivity contribution < 1.29 is 103 Å². The number of carbonyl (C=O) groups excluding carboxylic acids is 15. The topological polar surface area (TPSA) is 692 Å². The minimum Gasteiger partial charge on any atom is -0.508 e. The lowest BCUT2D eigenvalue weighted by Crippen LogP contribution is -2.62. The molecule has 0 bridgehead atoms. The number of aliphatic hydroxyl groups is 3. The van der Waals surface area contributed by atoms with Gasteiger partial charge in [0.2, 0.25) is 88.6 Å². The number of nitrogens with two attached hydrogens (primary N) is 5. The van der Waals surface area contributed by atoms with Crippen molar-refractivity contribution in [2.24, 2.45) is 46.4 Å². The molecule has 0 spiro atoms. The van der Waals surface area contributed by atoms with E-state index in [2.05, 4.69) is 79.4 Å². The number of aromatic amines is 1. The summed E-state index contributed by atoms with van der Waals surface area (Å²) in [6, 6.07) is 1.96. The Kier molecular flexibility index (Phi) is 47.9. The second kappa shape index (κ2) is 57.3.